The molecule has 1 N–H and O–H groups in total. The summed E-state index contributed by atoms with van der Waals surface area (Å²) in [6.45, 7) is 1.93. The van der Waals surface area contributed by atoms with Crippen LogP contribution in [0.15, 0.2) is 23.1 Å². The summed E-state index contributed by atoms with van der Waals surface area (Å²) in [5.41, 5.74) is 1.46. The highest BCUT2D eigenvalue weighted by molar-refractivity contribution is 7.99. The Bertz CT molecular complexity index is 409. The van der Waals surface area contributed by atoms with E-state index in [1.165, 1.54) is 25.7 Å². The van der Waals surface area contributed by atoms with Gasteiger partial charge in [0.05, 0.1) is 5.56 Å². The van der Waals surface area contributed by atoms with E-state index in [1.54, 1.807) is 17.8 Å². The first-order chi connectivity index (χ1) is 8.16. The largest absolute Gasteiger partial charge is 0.478 e. The van der Waals surface area contributed by atoms with Crippen LogP contribution in [0.5, 0.6) is 0 Å². The molecule has 0 radical (unpaired) electrons. The first-order valence-corrected chi connectivity index (χ1v) is 7.12. The van der Waals surface area contributed by atoms with Gasteiger partial charge in [-0.1, -0.05) is 24.5 Å². The molecule has 0 aliphatic heterocycles. The van der Waals surface area contributed by atoms with Gasteiger partial charge in [0.15, 0.2) is 0 Å². The second-order valence-electron chi connectivity index (χ2n) is 4.77. The molecule has 0 saturated heterocycles. The first-order valence-electron chi connectivity index (χ1n) is 6.13. The van der Waals surface area contributed by atoms with Crippen LogP contribution in [0.3, 0.4) is 0 Å². The van der Waals surface area contributed by atoms with Crippen molar-refractivity contribution in [3.8, 4) is 0 Å². The van der Waals surface area contributed by atoms with E-state index in [9.17, 15) is 4.79 Å². The summed E-state index contributed by atoms with van der Waals surface area (Å²) in [6, 6.07) is 5.70. The molecule has 0 amide bonds. The van der Waals surface area contributed by atoms with Gasteiger partial charge in [0.2, 0.25) is 0 Å². The van der Waals surface area contributed by atoms with E-state index in [0.717, 1.165) is 22.1 Å². The Morgan fingerprint density at radius 2 is 2.12 bits per heavy atom. The highest BCUT2D eigenvalue weighted by atomic mass is 32.2. The van der Waals surface area contributed by atoms with Crippen LogP contribution < -0.4 is 0 Å². The monoisotopic (exact) mass is 250 g/mol. The molecule has 2 nitrogen and oxygen atoms in total. The van der Waals surface area contributed by atoms with Crippen LogP contribution in [-0.4, -0.2) is 16.8 Å². The highest BCUT2D eigenvalue weighted by Crippen LogP contribution is 2.32. The van der Waals surface area contributed by atoms with Crippen molar-refractivity contribution in [1.82, 2.24) is 0 Å². The number of hydrogen-bond donors (Lipinski definition) is 1. The molecule has 3 heteroatoms. The molecule has 0 unspecified atom stereocenters. The van der Waals surface area contributed by atoms with Crippen molar-refractivity contribution in [2.24, 2.45) is 5.92 Å². The van der Waals surface area contributed by atoms with Crippen molar-refractivity contribution in [2.45, 2.75) is 37.5 Å². The third-order valence-electron chi connectivity index (χ3n) is 3.31. The molecule has 1 fully saturated rings. The second kappa shape index (κ2) is 5.58. The first kappa shape index (κ1) is 12.5. The van der Waals surface area contributed by atoms with E-state index in [1.807, 2.05) is 19.1 Å². The standard InChI is InChI=1S/C14H18O2S/c1-10-6-7-13(12(8-10)14(15)16)17-9-11-4-2-3-5-11/h6-8,11H,2-5,9H2,1H3,(H,15,16). The lowest BCUT2D eigenvalue weighted by Gasteiger charge is -2.10. The van der Waals surface area contributed by atoms with Crippen molar-refractivity contribution in [1.29, 1.82) is 0 Å². The van der Waals surface area contributed by atoms with Gasteiger partial charge in [0.1, 0.15) is 0 Å². The molecule has 0 aromatic heterocycles. The molecule has 1 aromatic carbocycles. The van der Waals surface area contributed by atoms with Gasteiger partial charge in [-0.25, -0.2) is 4.79 Å². The lowest BCUT2D eigenvalue weighted by molar-refractivity contribution is 0.0693. The molecular weight excluding hydrogens is 232 g/mol. The molecule has 92 valence electrons. The molecule has 0 spiro atoms. The summed E-state index contributed by atoms with van der Waals surface area (Å²) in [5, 5.41) is 9.17. The molecule has 17 heavy (non-hydrogen) atoms. The number of aryl methyl sites for hydroxylation is 1. The molecule has 0 heterocycles. The van der Waals surface area contributed by atoms with Crippen molar-refractivity contribution in [3.05, 3.63) is 29.3 Å². The maximum Gasteiger partial charge on any atom is 0.336 e. The van der Waals surface area contributed by atoms with E-state index in [-0.39, 0.29) is 0 Å². The van der Waals surface area contributed by atoms with E-state index in [0.29, 0.717) is 5.56 Å². The van der Waals surface area contributed by atoms with Crippen LogP contribution in [-0.2, 0) is 0 Å². The molecule has 1 aliphatic rings. The van der Waals surface area contributed by atoms with Crippen molar-refractivity contribution in [3.63, 3.8) is 0 Å². The lowest BCUT2D eigenvalue weighted by atomic mass is 10.1. The quantitative estimate of drug-likeness (QED) is 0.821. The fraction of sp³-hybridized carbons (Fsp3) is 0.500. The number of carbonyl (C=O) groups is 1. The van der Waals surface area contributed by atoms with Gasteiger partial charge in [0, 0.05) is 10.6 Å². The Morgan fingerprint density at radius 3 is 2.76 bits per heavy atom. The summed E-state index contributed by atoms with van der Waals surface area (Å²) < 4.78 is 0. The zero-order valence-electron chi connectivity index (χ0n) is 10.1. The molecule has 1 aliphatic carbocycles. The molecule has 1 saturated carbocycles. The van der Waals surface area contributed by atoms with Crippen LogP contribution in [0.4, 0.5) is 0 Å². The molecule has 2 rings (SSSR count). The maximum absolute atomic E-state index is 11.2. The summed E-state index contributed by atoms with van der Waals surface area (Å²) in [7, 11) is 0. The predicted octanol–water partition coefficient (Wildman–Crippen LogP) is 3.98. The number of carboxylic acid groups (broad SMARTS) is 1. The van der Waals surface area contributed by atoms with Crippen LogP contribution in [0.2, 0.25) is 0 Å². The van der Waals surface area contributed by atoms with E-state index >= 15 is 0 Å². The van der Waals surface area contributed by atoms with Gasteiger partial charge in [-0.2, -0.15) is 0 Å². The third kappa shape index (κ3) is 3.25. The predicted molar refractivity (Wildman–Crippen MR) is 70.8 cm³/mol. The average Bonchev–Trinajstić information content (AvgIpc) is 2.80. The zero-order valence-corrected chi connectivity index (χ0v) is 10.9. The Labute approximate surface area is 106 Å². The molecule has 0 atom stereocenters. The van der Waals surface area contributed by atoms with Gasteiger partial charge in [-0.3, -0.25) is 0 Å². The number of carboxylic acids is 1. The summed E-state index contributed by atoms with van der Waals surface area (Å²) in [6.07, 6.45) is 5.29. The van der Waals surface area contributed by atoms with Gasteiger partial charge in [0.25, 0.3) is 0 Å². The third-order valence-corrected chi connectivity index (χ3v) is 4.62. The molecular formula is C14H18O2S. The van der Waals surface area contributed by atoms with Gasteiger partial charge in [-0.05, 0) is 37.8 Å². The number of hydrogen-bond acceptors (Lipinski definition) is 2. The maximum atomic E-state index is 11.2. The molecule has 1 aromatic rings. The summed E-state index contributed by atoms with van der Waals surface area (Å²) in [4.78, 5) is 12.1. The second-order valence-corrected chi connectivity index (χ2v) is 5.83. The van der Waals surface area contributed by atoms with E-state index in [4.69, 9.17) is 5.11 Å². The van der Waals surface area contributed by atoms with Crippen LogP contribution in [0.25, 0.3) is 0 Å². The molecule has 0 bridgehead atoms. The Kier molecular flexibility index (Phi) is 4.11. The van der Waals surface area contributed by atoms with Crippen molar-refractivity contribution >= 4 is 17.7 Å². The lowest BCUT2D eigenvalue weighted by Crippen LogP contribution is -2.02. The fourth-order valence-corrected chi connectivity index (χ4v) is 3.54. The topological polar surface area (TPSA) is 37.3 Å². The van der Waals surface area contributed by atoms with Gasteiger partial charge >= 0.3 is 5.97 Å². The minimum atomic E-state index is -0.817. The highest BCUT2D eigenvalue weighted by Gasteiger charge is 2.17. The minimum Gasteiger partial charge on any atom is -0.478 e. The number of aromatic carboxylic acids is 1. The van der Waals surface area contributed by atoms with Gasteiger partial charge < -0.3 is 5.11 Å². The fourth-order valence-electron chi connectivity index (χ4n) is 2.32. The van der Waals surface area contributed by atoms with E-state index < -0.39 is 5.97 Å². The van der Waals surface area contributed by atoms with Crippen LogP contribution >= 0.6 is 11.8 Å². The van der Waals surface area contributed by atoms with Crippen molar-refractivity contribution < 1.29 is 9.90 Å². The number of benzene rings is 1. The van der Waals surface area contributed by atoms with E-state index in [2.05, 4.69) is 0 Å². The normalized spacial score (nSPS) is 16.3. The number of thioether (sulfide) groups is 1. The summed E-state index contributed by atoms with van der Waals surface area (Å²) in [5.74, 6) is 1.02. The van der Waals surface area contributed by atoms with Crippen molar-refractivity contribution in [2.75, 3.05) is 5.75 Å². The SMILES string of the molecule is Cc1ccc(SCC2CCCC2)c(C(=O)O)c1. The Hall–Kier alpha value is -0.960. The average molecular weight is 250 g/mol. The van der Waals surface area contributed by atoms with Crippen LogP contribution in [0, 0.1) is 12.8 Å². The minimum absolute atomic E-state index is 0.452. The van der Waals surface area contributed by atoms with Crippen LogP contribution in [0.1, 0.15) is 41.6 Å². The smallest absolute Gasteiger partial charge is 0.336 e. The number of rotatable bonds is 4. The van der Waals surface area contributed by atoms with Gasteiger partial charge in [-0.15, -0.1) is 11.8 Å². The Balaban J connectivity index is 2.06. The Morgan fingerprint density at radius 1 is 1.41 bits per heavy atom. The zero-order chi connectivity index (χ0) is 12.3. The summed E-state index contributed by atoms with van der Waals surface area (Å²) >= 11 is 1.70.